The first-order valence-corrected chi connectivity index (χ1v) is 7.76. The molecule has 0 fully saturated rings. The van der Waals surface area contributed by atoms with Gasteiger partial charge in [0, 0.05) is 31.1 Å². The molecular formula is C13H19N5O2S. The van der Waals surface area contributed by atoms with Crippen molar-refractivity contribution in [3.8, 4) is 0 Å². The largest absolute Gasteiger partial charge is 0.364 e. The van der Waals surface area contributed by atoms with E-state index in [9.17, 15) is 10.1 Å². The smallest absolute Gasteiger partial charge is 0.333 e. The first-order chi connectivity index (χ1) is 10.0. The van der Waals surface area contributed by atoms with Crippen LogP contribution in [0.15, 0.2) is 11.6 Å². The van der Waals surface area contributed by atoms with Gasteiger partial charge in [-0.2, -0.15) is 5.10 Å². The molecule has 0 saturated carbocycles. The maximum Gasteiger partial charge on any atom is 0.333 e. The molecule has 1 N–H and O–H groups in total. The Bertz CT molecular complexity index is 608. The Labute approximate surface area is 127 Å². The number of aromatic nitrogens is 3. The number of rotatable bonds is 7. The predicted octanol–water partition coefficient (Wildman–Crippen LogP) is 2.95. The molecule has 2 aromatic rings. The molecule has 1 atom stereocenters. The highest BCUT2D eigenvalue weighted by Crippen LogP contribution is 2.29. The van der Waals surface area contributed by atoms with Crippen LogP contribution >= 0.6 is 11.3 Å². The van der Waals surface area contributed by atoms with E-state index in [-0.39, 0.29) is 16.5 Å². The molecular weight excluding hydrogens is 290 g/mol. The van der Waals surface area contributed by atoms with Gasteiger partial charge in [0.25, 0.3) is 0 Å². The highest BCUT2D eigenvalue weighted by Gasteiger charge is 2.26. The summed E-state index contributed by atoms with van der Waals surface area (Å²) in [6.45, 7) is 4.61. The minimum absolute atomic E-state index is 0.0886. The average molecular weight is 309 g/mol. The molecule has 0 aromatic carbocycles. The van der Waals surface area contributed by atoms with E-state index in [1.54, 1.807) is 29.3 Å². The molecule has 21 heavy (non-hydrogen) atoms. The van der Waals surface area contributed by atoms with Gasteiger partial charge in [0.15, 0.2) is 0 Å². The monoisotopic (exact) mass is 309 g/mol. The van der Waals surface area contributed by atoms with Crippen LogP contribution in [-0.2, 0) is 13.5 Å². The normalized spacial score (nSPS) is 12.3. The van der Waals surface area contributed by atoms with Crippen LogP contribution in [0.5, 0.6) is 0 Å². The minimum atomic E-state index is -0.353. The first-order valence-electron chi connectivity index (χ1n) is 6.88. The fourth-order valence-corrected chi connectivity index (χ4v) is 2.88. The van der Waals surface area contributed by atoms with Crippen molar-refractivity contribution in [2.75, 3.05) is 11.9 Å². The van der Waals surface area contributed by atoms with Crippen molar-refractivity contribution in [1.29, 1.82) is 0 Å². The van der Waals surface area contributed by atoms with Crippen molar-refractivity contribution in [2.45, 2.75) is 32.6 Å². The molecule has 0 amide bonds. The standard InChI is InChI=1S/C13H19N5O2S/c1-4-5-10-11(18(19)20)12(17(3)16-10)15-8-9(2)13-14-6-7-21-13/h6-7,9,15H,4-5,8H2,1-3H3. The Kier molecular flexibility index (Phi) is 4.89. The second-order valence-electron chi connectivity index (χ2n) is 4.93. The molecule has 2 aromatic heterocycles. The van der Waals surface area contributed by atoms with Crippen LogP contribution in [0.25, 0.3) is 0 Å². The van der Waals surface area contributed by atoms with Gasteiger partial charge in [-0.1, -0.05) is 20.3 Å². The zero-order valence-corrected chi connectivity index (χ0v) is 13.2. The van der Waals surface area contributed by atoms with Crippen molar-refractivity contribution in [3.63, 3.8) is 0 Å². The lowest BCUT2D eigenvalue weighted by Gasteiger charge is -2.10. The fourth-order valence-electron chi connectivity index (χ4n) is 2.18. The molecule has 8 heteroatoms. The molecule has 0 spiro atoms. The molecule has 114 valence electrons. The lowest BCUT2D eigenvalue weighted by Crippen LogP contribution is -2.13. The Balaban J connectivity index is 2.17. The summed E-state index contributed by atoms with van der Waals surface area (Å²) in [7, 11) is 1.72. The SMILES string of the molecule is CCCc1nn(C)c(NCC(C)c2nccs2)c1[N+](=O)[O-]. The predicted molar refractivity (Wildman–Crippen MR) is 82.9 cm³/mol. The van der Waals surface area contributed by atoms with Gasteiger partial charge in [0.05, 0.1) is 9.93 Å². The van der Waals surface area contributed by atoms with E-state index >= 15 is 0 Å². The van der Waals surface area contributed by atoms with Gasteiger partial charge >= 0.3 is 5.69 Å². The summed E-state index contributed by atoms with van der Waals surface area (Å²) >= 11 is 1.59. The Morgan fingerprint density at radius 1 is 1.57 bits per heavy atom. The van der Waals surface area contributed by atoms with Crippen molar-refractivity contribution >= 4 is 22.8 Å². The van der Waals surface area contributed by atoms with Gasteiger partial charge in [-0.25, -0.2) is 9.67 Å². The van der Waals surface area contributed by atoms with Gasteiger partial charge in [-0.3, -0.25) is 10.1 Å². The molecule has 2 heterocycles. The fraction of sp³-hybridized carbons (Fsp3) is 0.538. The van der Waals surface area contributed by atoms with E-state index in [1.165, 1.54) is 0 Å². The Morgan fingerprint density at radius 2 is 2.33 bits per heavy atom. The Hall–Kier alpha value is -1.96. The topological polar surface area (TPSA) is 85.9 Å². The molecule has 0 aliphatic carbocycles. The molecule has 1 unspecified atom stereocenters. The second-order valence-corrected chi connectivity index (χ2v) is 5.85. The van der Waals surface area contributed by atoms with Gasteiger partial charge in [-0.15, -0.1) is 11.3 Å². The van der Waals surface area contributed by atoms with Crippen LogP contribution in [0.1, 0.15) is 36.9 Å². The van der Waals surface area contributed by atoms with Gasteiger partial charge < -0.3 is 5.32 Å². The van der Waals surface area contributed by atoms with Gasteiger partial charge in [-0.05, 0) is 6.42 Å². The number of anilines is 1. The zero-order valence-electron chi connectivity index (χ0n) is 12.4. The van der Waals surface area contributed by atoms with Crippen LogP contribution in [0, 0.1) is 10.1 Å². The van der Waals surface area contributed by atoms with Crippen LogP contribution in [0.4, 0.5) is 11.5 Å². The van der Waals surface area contributed by atoms with Gasteiger partial charge in [0.1, 0.15) is 5.69 Å². The van der Waals surface area contributed by atoms with E-state index in [1.807, 2.05) is 19.2 Å². The van der Waals surface area contributed by atoms with E-state index in [4.69, 9.17) is 0 Å². The Morgan fingerprint density at radius 3 is 2.90 bits per heavy atom. The van der Waals surface area contributed by atoms with Crippen LogP contribution < -0.4 is 5.32 Å². The number of nitrogens with zero attached hydrogens (tertiary/aromatic N) is 4. The van der Waals surface area contributed by atoms with Crippen molar-refractivity contribution in [1.82, 2.24) is 14.8 Å². The van der Waals surface area contributed by atoms with Crippen LogP contribution in [0.3, 0.4) is 0 Å². The highest BCUT2D eigenvalue weighted by molar-refractivity contribution is 7.09. The first kappa shape index (κ1) is 15.4. The maximum absolute atomic E-state index is 11.3. The third kappa shape index (κ3) is 3.38. The number of aryl methyl sites for hydroxylation is 2. The van der Waals surface area contributed by atoms with E-state index < -0.39 is 0 Å². The van der Waals surface area contributed by atoms with Crippen molar-refractivity contribution < 1.29 is 4.92 Å². The third-order valence-corrected chi connectivity index (χ3v) is 4.22. The van der Waals surface area contributed by atoms with Crippen LogP contribution in [-0.4, -0.2) is 26.2 Å². The van der Waals surface area contributed by atoms with Gasteiger partial charge in [0.2, 0.25) is 5.82 Å². The van der Waals surface area contributed by atoms with E-state index in [0.717, 1.165) is 11.4 Å². The molecule has 2 rings (SSSR count). The number of nitro groups is 1. The molecule has 0 radical (unpaired) electrons. The van der Waals surface area contributed by atoms with E-state index in [2.05, 4.69) is 15.4 Å². The second kappa shape index (κ2) is 6.66. The van der Waals surface area contributed by atoms with Crippen molar-refractivity contribution in [3.05, 3.63) is 32.4 Å². The van der Waals surface area contributed by atoms with E-state index in [0.29, 0.717) is 24.5 Å². The summed E-state index contributed by atoms with van der Waals surface area (Å²) < 4.78 is 1.55. The third-order valence-electron chi connectivity index (χ3n) is 3.21. The number of hydrogen-bond acceptors (Lipinski definition) is 6. The summed E-state index contributed by atoms with van der Waals surface area (Å²) in [5.74, 6) is 0.654. The summed E-state index contributed by atoms with van der Waals surface area (Å²) in [5, 5.41) is 21.7. The molecule has 0 saturated heterocycles. The minimum Gasteiger partial charge on any atom is -0.364 e. The highest BCUT2D eigenvalue weighted by atomic mass is 32.1. The number of thiazole rings is 1. The summed E-state index contributed by atoms with van der Waals surface area (Å²) in [6.07, 6.45) is 3.20. The average Bonchev–Trinajstić information content (AvgIpc) is 3.04. The lowest BCUT2D eigenvalue weighted by molar-refractivity contribution is -0.384. The number of hydrogen-bond donors (Lipinski definition) is 1. The maximum atomic E-state index is 11.3. The van der Waals surface area contributed by atoms with Crippen LogP contribution in [0.2, 0.25) is 0 Å². The number of nitrogens with one attached hydrogen (secondary N) is 1. The molecule has 0 bridgehead atoms. The molecule has 7 nitrogen and oxygen atoms in total. The zero-order chi connectivity index (χ0) is 15.4. The summed E-state index contributed by atoms with van der Waals surface area (Å²) in [4.78, 5) is 15.2. The quantitative estimate of drug-likeness (QED) is 0.627. The molecule has 0 aliphatic heterocycles. The lowest BCUT2D eigenvalue weighted by atomic mass is 10.2. The van der Waals surface area contributed by atoms with Crippen molar-refractivity contribution in [2.24, 2.45) is 7.05 Å². The summed E-state index contributed by atoms with van der Waals surface area (Å²) in [6, 6.07) is 0. The summed E-state index contributed by atoms with van der Waals surface area (Å²) in [5.41, 5.74) is 0.625. The molecule has 0 aliphatic rings.